The Hall–Kier alpha value is -1.92. The maximum absolute atomic E-state index is 12.2. The lowest BCUT2D eigenvalue weighted by Gasteiger charge is -2.35. The highest BCUT2D eigenvalue weighted by Gasteiger charge is 2.30. The van der Waals surface area contributed by atoms with Crippen LogP contribution >= 0.6 is 0 Å². The van der Waals surface area contributed by atoms with E-state index in [1.807, 2.05) is 12.1 Å². The minimum absolute atomic E-state index is 0.258. The van der Waals surface area contributed by atoms with Crippen LogP contribution in [-0.4, -0.2) is 47.7 Å². The van der Waals surface area contributed by atoms with Crippen LogP contribution in [-0.2, 0) is 32.2 Å². The van der Waals surface area contributed by atoms with Crippen molar-refractivity contribution in [2.45, 2.75) is 65.5 Å². The van der Waals surface area contributed by atoms with Crippen LogP contribution in [0.1, 0.15) is 45.7 Å². The van der Waals surface area contributed by atoms with Crippen molar-refractivity contribution in [3.63, 3.8) is 0 Å². The Morgan fingerprint density at radius 2 is 1.69 bits per heavy atom. The Bertz CT molecular complexity index is 617. The molecule has 1 aliphatic heterocycles. The molecule has 1 aliphatic rings. The van der Waals surface area contributed by atoms with Gasteiger partial charge in [-0.3, -0.25) is 14.5 Å². The number of hydrogen-bond donors (Lipinski definition) is 1. The number of benzene rings is 1. The van der Waals surface area contributed by atoms with Crippen LogP contribution in [0.2, 0.25) is 0 Å². The largest absolute Gasteiger partial charge is 0.450 e. The molecule has 1 N–H and O–H groups in total. The molecule has 26 heavy (non-hydrogen) atoms. The molecule has 1 heterocycles. The molecule has 0 aliphatic carbocycles. The number of carbonyl (C=O) groups excluding carboxylic acids is 2. The number of rotatable bonds is 6. The van der Waals surface area contributed by atoms with Crippen molar-refractivity contribution in [2.75, 3.05) is 13.1 Å². The van der Waals surface area contributed by atoms with E-state index in [1.54, 1.807) is 13.8 Å². The van der Waals surface area contributed by atoms with E-state index in [-0.39, 0.29) is 18.1 Å². The maximum Gasteiger partial charge on any atom is 0.303 e. The molecule has 2 rings (SSSR count). The smallest absolute Gasteiger partial charge is 0.303 e. The molecule has 0 aromatic heterocycles. The van der Waals surface area contributed by atoms with Gasteiger partial charge in [0.25, 0.3) is 5.91 Å². The molecular weight excluding hydrogens is 332 g/mol. The van der Waals surface area contributed by atoms with Gasteiger partial charge in [0.1, 0.15) is 0 Å². The van der Waals surface area contributed by atoms with Gasteiger partial charge in [-0.2, -0.15) is 0 Å². The number of nitrogens with zero attached hydrogens (tertiary/aromatic N) is 1. The first-order valence-corrected chi connectivity index (χ1v) is 9.09. The fraction of sp³-hybridized carbons (Fsp3) is 0.600. The molecule has 0 spiro atoms. The lowest BCUT2D eigenvalue weighted by Crippen LogP contribution is -2.45. The third-order valence-electron chi connectivity index (χ3n) is 4.32. The average Bonchev–Trinajstić information content (AvgIpc) is 2.51. The van der Waals surface area contributed by atoms with E-state index in [4.69, 9.17) is 9.47 Å². The predicted octanol–water partition coefficient (Wildman–Crippen LogP) is 2.25. The molecular formula is C20H30N2O4. The summed E-state index contributed by atoms with van der Waals surface area (Å²) >= 11 is 0. The minimum Gasteiger partial charge on any atom is -0.450 e. The van der Waals surface area contributed by atoms with Crippen LogP contribution in [0.15, 0.2) is 24.3 Å². The summed E-state index contributed by atoms with van der Waals surface area (Å²) in [5.74, 6) is -0.783. The molecule has 6 nitrogen and oxygen atoms in total. The second kappa shape index (κ2) is 8.64. The normalized spacial score (nSPS) is 21.3. The quantitative estimate of drug-likeness (QED) is 0.786. The summed E-state index contributed by atoms with van der Waals surface area (Å²) in [6.07, 6.45) is 0.516. The van der Waals surface area contributed by atoms with Gasteiger partial charge in [-0.1, -0.05) is 24.3 Å². The van der Waals surface area contributed by atoms with Gasteiger partial charge in [0, 0.05) is 33.1 Å². The highest BCUT2D eigenvalue weighted by molar-refractivity contribution is 5.86. The maximum atomic E-state index is 12.2. The molecule has 0 radical (unpaired) electrons. The van der Waals surface area contributed by atoms with Crippen LogP contribution in [0.4, 0.5) is 0 Å². The number of carbonyl (C=O) groups is 2. The lowest BCUT2D eigenvalue weighted by molar-refractivity contribution is -0.163. The van der Waals surface area contributed by atoms with Crippen molar-refractivity contribution in [2.24, 2.45) is 0 Å². The van der Waals surface area contributed by atoms with Crippen molar-refractivity contribution in [3.8, 4) is 0 Å². The fourth-order valence-electron chi connectivity index (χ4n) is 3.24. The summed E-state index contributed by atoms with van der Waals surface area (Å²) < 4.78 is 10.8. The Morgan fingerprint density at radius 3 is 2.23 bits per heavy atom. The van der Waals surface area contributed by atoms with Crippen molar-refractivity contribution >= 4 is 11.9 Å². The number of nitrogens with one attached hydrogen (secondary N) is 1. The van der Waals surface area contributed by atoms with Crippen molar-refractivity contribution < 1.29 is 19.1 Å². The first-order valence-electron chi connectivity index (χ1n) is 9.09. The first-order chi connectivity index (χ1) is 12.2. The zero-order chi connectivity index (χ0) is 19.3. The van der Waals surface area contributed by atoms with Gasteiger partial charge in [-0.05, 0) is 38.8 Å². The Labute approximate surface area is 155 Å². The van der Waals surface area contributed by atoms with E-state index in [0.717, 1.165) is 25.2 Å². The fourth-order valence-corrected chi connectivity index (χ4v) is 3.24. The van der Waals surface area contributed by atoms with E-state index in [0.29, 0.717) is 6.54 Å². The van der Waals surface area contributed by atoms with Crippen molar-refractivity contribution in [1.82, 2.24) is 10.2 Å². The standard InChI is InChI=1S/C20H30N2O4/c1-14-11-22(12-15(2)25-14)13-18-8-6-17(7-9-18)10-21-19(24)20(4,5)26-16(3)23/h6-9,14-15H,10-13H2,1-5H3,(H,21,24)/t14-,15-/m1/s1. The monoisotopic (exact) mass is 362 g/mol. The Morgan fingerprint density at radius 1 is 1.15 bits per heavy atom. The van der Waals surface area contributed by atoms with E-state index in [2.05, 4.69) is 36.2 Å². The highest BCUT2D eigenvalue weighted by atomic mass is 16.6. The van der Waals surface area contributed by atoms with Gasteiger partial charge >= 0.3 is 5.97 Å². The summed E-state index contributed by atoms with van der Waals surface area (Å²) in [5.41, 5.74) is 1.07. The summed E-state index contributed by atoms with van der Waals surface area (Å²) in [5, 5.41) is 2.81. The molecule has 1 saturated heterocycles. The van der Waals surface area contributed by atoms with Gasteiger partial charge in [0.05, 0.1) is 12.2 Å². The molecule has 1 aromatic carbocycles. The second-order valence-electron chi connectivity index (χ2n) is 7.55. The molecule has 1 fully saturated rings. The lowest BCUT2D eigenvalue weighted by atomic mass is 10.1. The summed E-state index contributed by atoms with van der Waals surface area (Å²) in [4.78, 5) is 25.6. The molecule has 2 atom stereocenters. The third kappa shape index (κ3) is 6.11. The number of esters is 1. The van der Waals surface area contributed by atoms with Crippen molar-refractivity contribution in [1.29, 1.82) is 0 Å². The van der Waals surface area contributed by atoms with E-state index in [1.165, 1.54) is 12.5 Å². The number of hydrogen-bond acceptors (Lipinski definition) is 5. The van der Waals surface area contributed by atoms with E-state index in [9.17, 15) is 9.59 Å². The molecule has 0 unspecified atom stereocenters. The van der Waals surface area contributed by atoms with Crippen LogP contribution in [0.25, 0.3) is 0 Å². The van der Waals surface area contributed by atoms with Crippen LogP contribution in [0.3, 0.4) is 0 Å². The van der Waals surface area contributed by atoms with Gasteiger partial charge in [0.2, 0.25) is 0 Å². The summed E-state index contributed by atoms with van der Waals surface area (Å²) in [6.45, 7) is 11.8. The second-order valence-corrected chi connectivity index (χ2v) is 7.55. The molecule has 0 saturated carbocycles. The summed E-state index contributed by atoms with van der Waals surface area (Å²) in [6, 6.07) is 8.20. The zero-order valence-electron chi connectivity index (χ0n) is 16.4. The molecule has 144 valence electrons. The van der Waals surface area contributed by atoms with Crippen LogP contribution in [0.5, 0.6) is 0 Å². The van der Waals surface area contributed by atoms with Crippen LogP contribution < -0.4 is 5.32 Å². The summed E-state index contributed by atoms with van der Waals surface area (Å²) in [7, 11) is 0. The number of morpholine rings is 1. The Balaban J connectivity index is 1.85. The molecule has 1 aromatic rings. The van der Waals surface area contributed by atoms with Gasteiger partial charge < -0.3 is 14.8 Å². The predicted molar refractivity (Wildman–Crippen MR) is 99.4 cm³/mol. The van der Waals surface area contributed by atoms with Gasteiger partial charge in [0.15, 0.2) is 5.60 Å². The SMILES string of the molecule is CC(=O)OC(C)(C)C(=O)NCc1ccc(CN2C[C@@H](C)O[C@H](C)C2)cc1. The highest BCUT2D eigenvalue weighted by Crippen LogP contribution is 2.15. The molecule has 1 amide bonds. The molecule has 0 bridgehead atoms. The number of ether oxygens (including phenoxy) is 2. The number of amides is 1. The van der Waals surface area contributed by atoms with Crippen LogP contribution in [0, 0.1) is 0 Å². The van der Waals surface area contributed by atoms with Gasteiger partial charge in [-0.25, -0.2) is 0 Å². The van der Waals surface area contributed by atoms with Crippen molar-refractivity contribution in [3.05, 3.63) is 35.4 Å². The first kappa shape index (κ1) is 20.4. The minimum atomic E-state index is -1.17. The topological polar surface area (TPSA) is 67.9 Å². The van der Waals surface area contributed by atoms with E-state index >= 15 is 0 Å². The Kier molecular flexibility index (Phi) is 6.78. The average molecular weight is 362 g/mol. The van der Waals surface area contributed by atoms with Gasteiger partial charge in [-0.15, -0.1) is 0 Å². The molecule has 6 heteroatoms. The van der Waals surface area contributed by atoms with E-state index < -0.39 is 11.6 Å². The third-order valence-corrected chi connectivity index (χ3v) is 4.32. The zero-order valence-corrected chi connectivity index (χ0v) is 16.4.